The quantitative estimate of drug-likeness (QED) is 0.137. The van der Waals surface area contributed by atoms with Crippen LogP contribution in [-0.2, 0) is 23.5 Å². The summed E-state index contributed by atoms with van der Waals surface area (Å²) in [5.74, 6) is -2.92. The lowest BCUT2D eigenvalue weighted by Crippen LogP contribution is -2.66. The highest BCUT2D eigenvalue weighted by atomic mass is 28.4. The summed E-state index contributed by atoms with van der Waals surface area (Å²) < 4.78 is 13.5. The van der Waals surface area contributed by atoms with Crippen LogP contribution in [0, 0.1) is 17.8 Å². The molecule has 0 spiro atoms. The van der Waals surface area contributed by atoms with Gasteiger partial charge in [-0.1, -0.05) is 100.0 Å². The van der Waals surface area contributed by atoms with Gasteiger partial charge < -0.3 is 24.3 Å². The fourth-order valence-electron chi connectivity index (χ4n) is 8.41. The van der Waals surface area contributed by atoms with E-state index in [4.69, 9.17) is 14.2 Å². The average molecular weight is 696 g/mol. The maximum Gasteiger partial charge on any atom is 0.487 e. The topological polar surface area (TPSA) is 134 Å². The highest BCUT2D eigenvalue weighted by Crippen LogP contribution is 2.52. The predicted octanol–water partition coefficient (Wildman–Crippen LogP) is 5.01. The van der Waals surface area contributed by atoms with Crippen molar-refractivity contribution in [2.75, 3.05) is 13.2 Å². The first-order chi connectivity index (χ1) is 23.9. The SMILES string of the molecule is CC(C)(C)[Si](OCC1=C2B(O)O[C@H](c3ccc(O)cc3)C[C@H]2[C@H]2C(=O)N(CCCCCC(=O)O)C(=O)[C@H]2C1)(c1ccccc1)c1ccccc1. The number of imide groups is 1. The fourth-order valence-corrected chi connectivity index (χ4v) is 13.0. The van der Waals surface area contributed by atoms with E-state index >= 15 is 0 Å². The van der Waals surface area contributed by atoms with Crippen LogP contribution in [0.5, 0.6) is 5.75 Å². The molecule has 6 rings (SSSR count). The van der Waals surface area contributed by atoms with Gasteiger partial charge in [-0.3, -0.25) is 19.3 Å². The maximum atomic E-state index is 14.1. The van der Waals surface area contributed by atoms with E-state index in [9.17, 15) is 24.5 Å². The van der Waals surface area contributed by atoms with Gasteiger partial charge in [-0.05, 0) is 75.8 Å². The summed E-state index contributed by atoms with van der Waals surface area (Å²) in [7, 11) is -4.29. The van der Waals surface area contributed by atoms with E-state index in [2.05, 4.69) is 45.0 Å². The first kappa shape index (κ1) is 35.8. The molecule has 11 heteroatoms. The molecule has 3 aromatic rings. The number of allylic oxidation sites excluding steroid dienone is 1. The Morgan fingerprint density at radius 1 is 0.900 bits per heavy atom. The van der Waals surface area contributed by atoms with Gasteiger partial charge in [0.2, 0.25) is 11.8 Å². The lowest BCUT2D eigenvalue weighted by Gasteiger charge is -2.45. The second-order valence-corrected chi connectivity index (χ2v) is 19.1. The Morgan fingerprint density at radius 3 is 2.10 bits per heavy atom. The van der Waals surface area contributed by atoms with Crippen molar-refractivity contribution >= 4 is 43.6 Å². The van der Waals surface area contributed by atoms with Crippen molar-refractivity contribution < 1.29 is 38.7 Å². The molecule has 0 aromatic heterocycles. The van der Waals surface area contributed by atoms with Gasteiger partial charge in [0.15, 0.2) is 0 Å². The number of carboxylic acid groups (broad SMARTS) is 1. The van der Waals surface area contributed by atoms with E-state index in [1.807, 2.05) is 36.4 Å². The number of aliphatic carboxylic acids is 1. The standard InChI is InChI=1S/C39H46BNO8Si/c1-39(2,3)50(29-13-7-4-8-14-29,30-15-9-5-10-16-30)48-25-27-23-32-35(38(46)41(37(32)45)22-12-6-11-17-34(43)44)31-24-33(49-40(47)36(27)31)26-18-20-28(42)21-19-26/h4-5,7-10,13-16,18-21,31-33,35,42,47H,6,11-12,17,22-25H2,1-3H3,(H,43,44)/t31-,32-,33-,35+/m0/s1. The fraction of sp³-hybridized carbons (Fsp3) is 0.410. The van der Waals surface area contributed by atoms with Crippen LogP contribution in [0.1, 0.15) is 71.0 Å². The minimum absolute atomic E-state index is 0.0493. The van der Waals surface area contributed by atoms with Gasteiger partial charge in [-0.2, -0.15) is 0 Å². The summed E-state index contributed by atoms with van der Waals surface area (Å²) >= 11 is 0. The second kappa shape index (κ2) is 14.7. The zero-order valence-corrected chi connectivity index (χ0v) is 30.0. The third-order valence-corrected chi connectivity index (χ3v) is 15.7. The summed E-state index contributed by atoms with van der Waals surface area (Å²) in [6.45, 7) is 7.01. The summed E-state index contributed by atoms with van der Waals surface area (Å²) in [5.41, 5.74) is 2.19. The summed E-state index contributed by atoms with van der Waals surface area (Å²) in [5, 5.41) is 32.6. The van der Waals surface area contributed by atoms with Gasteiger partial charge in [0.05, 0.1) is 24.5 Å². The molecule has 4 atom stereocenters. The molecular formula is C39H46BNO8Si. The molecule has 2 fully saturated rings. The van der Waals surface area contributed by atoms with Crippen LogP contribution in [0.25, 0.3) is 0 Å². The molecule has 0 radical (unpaired) electrons. The van der Waals surface area contributed by atoms with Crippen LogP contribution in [0.4, 0.5) is 0 Å². The number of hydrogen-bond donors (Lipinski definition) is 3. The van der Waals surface area contributed by atoms with E-state index < -0.39 is 45.3 Å². The molecule has 3 N–H and O–H groups in total. The van der Waals surface area contributed by atoms with Gasteiger partial charge in [-0.25, -0.2) is 0 Å². The van der Waals surface area contributed by atoms with E-state index in [0.717, 1.165) is 21.5 Å². The number of carboxylic acids is 1. The van der Waals surface area contributed by atoms with Crippen molar-refractivity contribution in [2.24, 2.45) is 17.8 Å². The summed E-state index contributed by atoms with van der Waals surface area (Å²) in [6.07, 6.45) is 1.76. The smallest absolute Gasteiger partial charge is 0.487 e. The van der Waals surface area contributed by atoms with Crippen molar-refractivity contribution in [2.45, 2.75) is 70.4 Å². The van der Waals surface area contributed by atoms with Crippen LogP contribution < -0.4 is 10.4 Å². The monoisotopic (exact) mass is 695 g/mol. The molecule has 3 aliphatic rings. The highest BCUT2D eigenvalue weighted by molar-refractivity contribution is 6.99. The number of unbranched alkanes of at least 4 members (excludes halogenated alkanes) is 2. The van der Waals surface area contributed by atoms with Gasteiger partial charge in [0, 0.05) is 13.0 Å². The number of phenolic OH excluding ortho intramolecular Hbond substituents is 1. The van der Waals surface area contributed by atoms with Gasteiger partial charge >= 0.3 is 13.1 Å². The van der Waals surface area contributed by atoms with Crippen LogP contribution in [0.15, 0.2) is 96.0 Å². The third-order valence-electron chi connectivity index (χ3n) is 10.7. The zero-order chi connectivity index (χ0) is 35.6. The van der Waals surface area contributed by atoms with Crippen molar-refractivity contribution in [3.05, 3.63) is 102 Å². The van der Waals surface area contributed by atoms with E-state index in [0.29, 0.717) is 31.2 Å². The lowest BCUT2D eigenvalue weighted by atomic mass is 9.55. The van der Waals surface area contributed by atoms with E-state index in [1.165, 1.54) is 4.90 Å². The van der Waals surface area contributed by atoms with Crippen molar-refractivity contribution in [3.63, 3.8) is 0 Å². The predicted molar refractivity (Wildman–Crippen MR) is 193 cm³/mol. The minimum atomic E-state index is -2.98. The molecule has 2 amide bonds. The molecule has 2 saturated heterocycles. The Kier molecular flexibility index (Phi) is 10.5. The molecule has 0 saturated carbocycles. The number of carbonyl (C=O) groups is 3. The van der Waals surface area contributed by atoms with Crippen LogP contribution in [0.3, 0.4) is 0 Å². The summed E-state index contributed by atoms with van der Waals surface area (Å²) in [4.78, 5) is 40.5. The Labute approximate surface area is 295 Å². The van der Waals surface area contributed by atoms with E-state index in [-0.39, 0.29) is 48.6 Å². The first-order valence-electron chi connectivity index (χ1n) is 17.6. The largest absolute Gasteiger partial charge is 0.508 e. The molecule has 9 nitrogen and oxygen atoms in total. The second-order valence-electron chi connectivity index (χ2n) is 14.8. The molecule has 3 aromatic carbocycles. The van der Waals surface area contributed by atoms with Crippen LogP contribution >= 0.6 is 0 Å². The Bertz CT molecular complexity index is 1690. The number of amides is 2. The van der Waals surface area contributed by atoms with Gasteiger partial charge in [-0.15, -0.1) is 0 Å². The van der Waals surface area contributed by atoms with Crippen LogP contribution in [0.2, 0.25) is 5.04 Å². The number of phenols is 1. The Morgan fingerprint density at radius 2 is 1.52 bits per heavy atom. The lowest BCUT2D eigenvalue weighted by molar-refractivity contribution is -0.141. The maximum absolute atomic E-state index is 14.1. The van der Waals surface area contributed by atoms with Crippen molar-refractivity contribution in [3.8, 4) is 5.75 Å². The summed E-state index contributed by atoms with van der Waals surface area (Å²) in [6, 6.07) is 27.2. The minimum Gasteiger partial charge on any atom is -0.508 e. The number of carbonyl (C=O) groups excluding carboxylic acids is 2. The van der Waals surface area contributed by atoms with Crippen LogP contribution in [-0.4, -0.2) is 66.5 Å². The van der Waals surface area contributed by atoms with E-state index in [1.54, 1.807) is 24.3 Å². The molecule has 2 aliphatic heterocycles. The van der Waals surface area contributed by atoms with Gasteiger partial charge in [0.1, 0.15) is 5.75 Å². The molecule has 262 valence electrons. The number of aromatic hydroxyl groups is 1. The Hall–Kier alpha value is -4.03. The normalized spacial score (nSPS) is 22.5. The average Bonchev–Trinajstić information content (AvgIpc) is 3.33. The van der Waals surface area contributed by atoms with Crippen molar-refractivity contribution in [1.29, 1.82) is 0 Å². The number of hydrogen-bond acceptors (Lipinski definition) is 7. The molecule has 50 heavy (non-hydrogen) atoms. The zero-order valence-electron chi connectivity index (χ0n) is 29.0. The molecule has 0 bridgehead atoms. The number of nitrogens with zero attached hydrogens (tertiary/aromatic N) is 1. The molecular weight excluding hydrogens is 649 g/mol. The van der Waals surface area contributed by atoms with Crippen molar-refractivity contribution in [1.82, 2.24) is 4.90 Å². The molecule has 2 heterocycles. The van der Waals surface area contributed by atoms with Gasteiger partial charge in [0.25, 0.3) is 8.32 Å². The number of benzene rings is 3. The third kappa shape index (κ3) is 6.84. The first-order valence-corrected chi connectivity index (χ1v) is 19.5. The number of likely N-dealkylation sites (tertiary alicyclic amines) is 1. The number of fused-ring (bicyclic) bond motifs is 3. The molecule has 0 unspecified atom stereocenters. The Balaban J connectivity index is 1.37. The molecule has 1 aliphatic carbocycles. The number of rotatable bonds is 12. The highest BCUT2D eigenvalue weighted by Gasteiger charge is 2.58.